The Morgan fingerprint density at radius 2 is 2.40 bits per heavy atom. The van der Waals surface area contributed by atoms with E-state index in [9.17, 15) is 0 Å². The van der Waals surface area contributed by atoms with Crippen molar-refractivity contribution in [3.63, 3.8) is 0 Å². The number of hydrogen-bond acceptors (Lipinski definition) is 3. The molecule has 0 aliphatic rings. The van der Waals surface area contributed by atoms with Gasteiger partial charge in [-0.15, -0.1) is 0 Å². The van der Waals surface area contributed by atoms with E-state index in [0.717, 1.165) is 30.9 Å². The summed E-state index contributed by atoms with van der Waals surface area (Å²) in [6.07, 6.45) is 3.76. The zero-order valence-electron chi connectivity index (χ0n) is 8.57. The molecule has 0 amide bonds. The molecule has 0 aliphatic heterocycles. The number of aromatic nitrogens is 3. The van der Waals surface area contributed by atoms with E-state index >= 15 is 0 Å². The lowest BCUT2D eigenvalue weighted by molar-refractivity contribution is 0.701. The first-order valence-electron chi connectivity index (χ1n) is 4.95. The Hall–Kier alpha value is -1.13. The molecule has 0 radical (unpaired) electrons. The molecule has 2 aromatic rings. The lowest BCUT2D eigenvalue weighted by Crippen LogP contribution is -2.08. The van der Waals surface area contributed by atoms with Gasteiger partial charge in [-0.2, -0.15) is 5.10 Å². The highest BCUT2D eigenvalue weighted by Crippen LogP contribution is 2.10. The Balaban J connectivity index is 2.16. The Morgan fingerprint density at radius 3 is 3.20 bits per heavy atom. The molecule has 80 valence electrons. The second-order valence-electron chi connectivity index (χ2n) is 3.38. The summed E-state index contributed by atoms with van der Waals surface area (Å²) in [5.74, 6) is 0.868. The van der Waals surface area contributed by atoms with Gasteiger partial charge in [0.05, 0.1) is 0 Å². The van der Waals surface area contributed by atoms with Crippen LogP contribution in [0.1, 0.15) is 12.2 Å². The minimum absolute atomic E-state index is 0.691. The zero-order valence-corrected chi connectivity index (χ0v) is 9.33. The van der Waals surface area contributed by atoms with Gasteiger partial charge in [0.2, 0.25) is 0 Å². The number of rotatable bonds is 4. The number of nitrogens with one attached hydrogen (secondary N) is 1. The van der Waals surface area contributed by atoms with Crippen LogP contribution in [0.15, 0.2) is 18.3 Å². The molecule has 0 atom stereocenters. The molecule has 0 spiro atoms. The molecule has 5 heteroatoms. The van der Waals surface area contributed by atoms with Crippen LogP contribution in [0, 0.1) is 0 Å². The van der Waals surface area contributed by atoms with E-state index < -0.39 is 0 Å². The Morgan fingerprint density at radius 1 is 1.53 bits per heavy atom. The molecular formula is C10H13ClN4. The molecule has 0 aromatic carbocycles. The van der Waals surface area contributed by atoms with E-state index in [-0.39, 0.29) is 0 Å². The van der Waals surface area contributed by atoms with Crippen LogP contribution in [-0.4, -0.2) is 28.2 Å². The van der Waals surface area contributed by atoms with Crippen molar-refractivity contribution >= 4 is 17.2 Å². The van der Waals surface area contributed by atoms with E-state index in [1.54, 1.807) is 10.6 Å². The van der Waals surface area contributed by atoms with Crippen molar-refractivity contribution < 1.29 is 0 Å². The van der Waals surface area contributed by atoms with Crippen LogP contribution in [0.3, 0.4) is 0 Å². The summed E-state index contributed by atoms with van der Waals surface area (Å²) in [7, 11) is 1.94. The standard InChI is InChI=1S/C10H13ClN4/c1-12-5-2-3-9-13-10-7-8(11)4-6-15(10)14-9/h4,6-7,12H,2-3,5H2,1H3. The van der Waals surface area contributed by atoms with Crippen LogP contribution in [-0.2, 0) is 6.42 Å². The van der Waals surface area contributed by atoms with Gasteiger partial charge in [0.25, 0.3) is 0 Å². The summed E-state index contributed by atoms with van der Waals surface area (Å²) in [5.41, 5.74) is 0.807. The van der Waals surface area contributed by atoms with Crippen LogP contribution in [0.5, 0.6) is 0 Å². The van der Waals surface area contributed by atoms with Crippen molar-refractivity contribution in [2.75, 3.05) is 13.6 Å². The fourth-order valence-corrected chi connectivity index (χ4v) is 1.59. The van der Waals surface area contributed by atoms with Gasteiger partial charge in [0.1, 0.15) is 0 Å². The molecule has 0 bridgehead atoms. The van der Waals surface area contributed by atoms with Crippen LogP contribution in [0.4, 0.5) is 0 Å². The first-order chi connectivity index (χ1) is 7.29. The highest BCUT2D eigenvalue weighted by Gasteiger charge is 2.03. The maximum Gasteiger partial charge on any atom is 0.157 e. The summed E-state index contributed by atoms with van der Waals surface area (Å²) >= 11 is 5.86. The average molecular weight is 225 g/mol. The van der Waals surface area contributed by atoms with Crippen LogP contribution in [0.25, 0.3) is 5.65 Å². The molecule has 0 saturated heterocycles. The highest BCUT2D eigenvalue weighted by molar-refractivity contribution is 6.30. The normalized spacial score (nSPS) is 11.1. The highest BCUT2D eigenvalue weighted by atomic mass is 35.5. The predicted octanol–water partition coefficient (Wildman–Crippen LogP) is 1.53. The third-order valence-electron chi connectivity index (χ3n) is 2.17. The van der Waals surface area contributed by atoms with Gasteiger partial charge >= 0.3 is 0 Å². The number of aryl methyl sites for hydroxylation is 1. The number of fused-ring (bicyclic) bond motifs is 1. The van der Waals surface area contributed by atoms with Crippen molar-refractivity contribution in [1.29, 1.82) is 0 Å². The van der Waals surface area contributed by atoms with Crippen molar-refractivity contribution in [3.05, 3.63) is 29.2 Å². The molecule has 4 nitrogen and oxygen atoms in total. The Bertz CT molecular complexity index is 452. The summed E-state index contributed by atoms with van der Waals surface area (Å²) in [5, 5.41) is 8.13. The van der Waals surface area contributed by atoms with Crippen molar-refractivity contribution in [1.82, 2.24) is 19.9 Å². The van der Waals surface area contributed by atoms with E-state index in [1.807, 2.05) is 19.3 Å². The Kier molecular flexibility index (Phi) is 3.18. The molecule has 0 unspecified atom stereocenters. The molecule has 2 rings (SSSR count). The average Bonchev–Trinajstić information content (AvgIpc) is 2.60. The summed E-state index contributed by atoms with van der Waals surface area (Å²) in [6, 6.07) is 3.62. The van der Waals surface area contributed by atoms with Gasteiger partial charge in [-0.25, -0.2) is 9.50 Å². The Labute approximate surface area is 93.3 Å². The number of hydrogen-bond donors (Lipinski definition) is 1. The van der Waals surface area contributed by atoms with Crippen molar-refractivity contribution in [2.45, 2.75) is 12.8 Å². The van der Waals surface area contributed by atoms with Crippen LogP contribution in [0.2, 0.25) is 5.02 Å². The summed E-state index contributed by atoms with van der Waals surface area (Å²) < 4.78 is 1.75. The SMILES string of the molecule is CNCCCc1nc2cc(Cl)ccn2n1. The van der Waals surface area contributed by atoms with Gasteiger partial charge in [0, 0.05) is 23.7 Å². The predicted molar refractivity (Wildman–Crippen MR) is 60.2 cm³/mol. The monoisotopic (exact) mass is 224 g/mol. The van der Waals surface area contributed by atoms with Crippen molar-refractivity contribution in [2.24, 2.45) is 0 Å². The second kappa shape index (κ2) is 4.59. The lowest BCUT2D eigenvalue weighted by atomic mass is 10.3. The maximum atomic E-state index is 5.86. The van der Waals surface area contributed by atoms with Gasteiger partial charge < -0.3 is 5.32 Å². The fraction of sp³-hybridized carbons (Fsp3) is 0.400. The zero-order chi connectivity index (χ0) is 10.7. The van der Waals surface area contributed by atoms with Crippen LogP contribution >= 0.6 is 11.6 Å². The van der Waals surface area contributed by atoms with Gasteiger partial charge in [-0.3, -0.25) is 0 Å². The van der Waals surface area contributed by atoms with Crippen molar-refractivity contribution in [3.8, 4) is 0 Å². The first kappa shape index (κ1) is 10.4. The smallest absolute Gasteiger partial charge is 0.157 e. The molecule has 0 fully saturated rings. The molecule has 0 aliphatic carbocycles. The molecule has 1 N–H and O–H groups in total. The van der Waals surface area contributed by atoms with Gasteiger partial charge in [-0.05, 0) is 26.1 Å². The topological polar surface area (TPSA) is 42.2 Å². The first-order valence-corrected chi connectivity index (χ1v) is 5.33. The third kappa shape index (κ3) is 2.46. The van der Waals surface area contributed by atoms with Crippen LogP contribution < -0.4 is 5.32 Å². The molecule has 2 heterocycles. The molecule has 0 saturated carbocycles. The minimum atomic E-state index is 0.691. The minimum Gasteiger partial charge on any atom is -0.320 e. The van der Waals surface area contributed by atoms with E-state index in [0.29, 0.717) is 5.02 Å². The molecule has 15 heavy (non-hydrogen) atoms. The maximum absolute atomic E-state index is 5.86. The molecule has 2 aromatic heterocycles. The second-order valence-corrected chi connectivity index (χ2v) is 3.82. The number of nitrogens with zero attached hydrogens (tertiary/aromatic N) is 3. The molecular weight excluding hydrogens is 212 g/mol. The van der Waals surface area contributed by atoms with E-state index in [1.165, 1.54) is 0 Å². The number of halogens is 1. The van der Waals surface area contributed by atoms with Gasteiger partial charge in [-0.1, -0.05) is 11.6 Å². The number of pyridine rings is 1. The largest absolute Gasteiger partial charge is 0.320 e. The third-order valence-corrected chi connectivity index (χ3v) is 2.41. The van der Waals surface area contributed by atoms with Gasteiger partial charge in [0.15, 0.2) is 11.5 Å². The summed E-state index contributed by atoms with van der Waals surface area (Å²) in [6.45, 7) is 0.982. The fourth-order valence-electron chi connectivity index (χ4n) is 1.43. The summed E-state index contributed by atoms with van der Waals surface area (Å²) in [4.78, 5) is 4.38. The quantitative estimate of drug-likeness (QED) is 0.802. The van der Waals surface area contributed by atoms with E-state index in [4.69, 9.17) is 11.6 Å². The van der Waals surface area contributed by atoms with E-state index in [2.05, 4.69) is 15.4 Å². The lowest BCUT2D eigenvalue weighted by Gasteiger charge is -1.93.